The van der Waals surface area contributed by atoms with Gasteiger partial charge in [-0.05, 0) is 62.8 Å². The first-order chi connectivity index (χ1) is 15.4. The lowest BCUT2D eigenvalue weighted by Gasteiger charge is -2.40. The number of nitrogens with one attached hydrogen (secondary N) is 1. The Morgan fingerprint density at radius 3 is 2.24 bits per heavy atom. The third-order valence-electron chi connectivity index (χ3n) is 5.91. The Balaban J connectivity index is 2.52. The predicted molar refractivity (Wildman–Crippen MR) is 134 cm³/mol. The highest BCUT2D eigenvalue weighted by molar-refractivity contribution is 6.00. The fourth-order valence-electron chi connectivity index (χ4n) is 4.22. The minimum atomic E-state index is -0.420. The second kappa shape index (κ2) is 10.7. The summed E-state index contributed by atoms with van der Waals surface area (Å²) in [5.74, 6) is -0.583. The molecule has 2 rings (SSSR count). The first kappa shape index (κ1) is 26.2. The minimum absolute atomic E-state index is 0.0793. The van der Waals surface area contributed by atoms with E-state index in [1.807, 2.05) is 32.0 Å². The van der Waals surface area contributed by atoms with Crippen LogP contribution >= 0.6 is 0 Å². The number of allylic oxidation sites excluding steroid dienone is 1. The summed E-state index contributed by atoms with van der Waals surface area (Å²) in [6, 6.07) is 8.91. The summed E-state index contributed by atoms with van der Waals surface area (Å²) in [6.07, 6.45) is 3.82. The average Bonchev–Trinajstić information content (AvgIpc) is 2.72. The van der Waals surface area contributed by atoms with Crippen molar-refractivity contribution >= 4 is 11.8 Å². The zero-order chi connectivity index (χ0) is 24.9. The fourth-order valence-corrected chi connectivity index (χ4v) is 4.22. The maximum absolute atomic E-state index is 13.7. The molecule has 0 fully saturated rings. The molecule has 0 aromatic heterocycles. The lowest BCUT2D eigenvalue weighted by atomic mass is 9.83. The van der Waals surface area contributed by atoms with Crippen LogP contribution in [0.3, 0.4) is 0 Å². The Morgan fingerprint density at radius 2 is 1.73 bits per heavy atom. The summed E-state index contributed by atoms with van der Waals surface area (Å²) in [6.45, 7) is 17.6. The second-order valence-corrected chi connectivity index (χ2v) is 9.90. The Hall–Kier alpha value is -3.08. The maximum atomic E-state index is 13.7. The highest BCUT2D eigenvalue weighted by Crippen LogP contribution is 2.30. The van der Waals surface area contributed by atoms with E-state index >= 15 is 0 Å². The number of carbonyl (C=O) groups is 2. The lowest BCUT2D eigenvalue weighted by molar-refractivity contribution is 0.0270. The molecule has 0 spiro atoms. The van der Waals surface area contributed by atoms with Crippen LogP contribution in [0.25, 0.3) is 0 Å². The van der Waals surface area contributed by atoms with E-state index in [-0.39, 0.29) is 23.1 Å². The largest absolute Gasteiger partial charge is 0.507 e. The van der Waals surface area contributed by atoms with Gasteiger partial charge in [-0.3, -0.25) is 15.0 Å². The van der Waals surface area contributed by atoms with E-state index < -0.39 is 5.91 Å². The molecule has 0 bridgehead atoms. The molecule has 2 amide bonds. The second-order valence-electron chi connectivity index (χ2n) is 9.90. The maximum Gasteiger partial charge on any atom is 0.272 e. The molecule has 0 aliphatic heterocycles. The molecule has 5 nitrogen and oxygen atoms in total. The summed E-state index contributed by atoms with van der Waals surface area (Å²) in [5.41, 5.74) is 6.68. The number of amides is 2. The topological polar surface area (TPSA) is 69.6 Å². The van der Waals surface area contributed by atoms with Crippen LogP contribution in [-0.2, 0) is 6.42 Å². The number of hydrogen-bond acceptors (Lipinski definition) is 3. The number of rotatable bonds is 7. The van der Waals surface area contributed by atoms with Crippen LogP contribution in [0.2, 0.25) is 0 Å². The van der Waals surface area contributed by atoms with Crippen molar-refractivity contribution in [2.45, 2.75) is 73.8 Å². The van der Waals surface area contributed by atoms with Crippen LogP contribution in [0, 0.1) is 26.2 Å². The highest BCUT2D eigenvalue weighted by Gasteiger charge is 2.35. The molecule has 0 saturated carbocycles. The van der Waals surface area contributed by atoms with Crippen LogP contribution in [-0.4, -0.2) is 28.0 Å². The van der Waals surface area contributed by atoms with Gasteiger partial charge in [-0.25, -0.2) is 5.01 Å². The molecule has 5 heteroatoms. The van der Waals surface area contributed by atoms with Gasteiger partial charge in [0, 0.05) is 16.7 Å². The SMILES string of the molecule is C=CCc1ccc(C(=O)NN(C(=O)c2cc(C)cc(C)c2)[C@H](CCC)C(C)(C)C)c(C)c1O. The van der Waals surface area contributed by atoms with Gasteiger partial charge in [-0.2, -0.15) is 0 Å². The van der Waals surface area contributed by atoms with Gasteiger partial charge >= 0.3 is 0 Å². The van der Waals surface area contributed by atoms with Crippen LogP contribution in [0.5, 0.6) is 5.75 Å². The Morgan fingerprint density at radius 1 is 1.12 bits per heavy atom. The molecule has 0 radical (unpaired) electrons. The van der Waals surface area contributed by atoms with E-state index in [1.54, 1.807) is 25.1 Å². The Labute approximate surface area is 198 Å². The zero-order valence-electron chi connectivity index (χ0n) is 21.1. The van der Waals surface area contributed by atoms with Crippen molar-refractivity contribution in [1.29, 1.82) is 0 Å². The summed E-state index contributed by atoms with van der Waals surface area (Å²) in [5, 5.41) is 12.0. The van der Waals surface area contributed by atoms with Crippen molar-refractivity contribution in [3.05, 3.63) is 76.4 Å². The fraction of sp³-hybridized carbons (Fsp3) is 0.429. The first-order valence-electron chi connectivity index (χ1n) is 11.6. The molecular formula is C28H38N2O3. The van der Waals surface area contributed by atoms with Crippen LogP contribution in [0.15, 0.2) is 43.0 Å². The van der Waals surface area contributed by atoms with Gasteiger partial charge in [0.2, 0.25) is 0 Å². The number of carbonyl (C=O) groups excluding carboxylic acids is 2. The van der Waals surface area contributed by atoms with Crippen molar-refractivity contribution in [3.8, 4) is 5.75 Å². The third-order valence-corrected chi connectivity index (χ3v) is 5.91. The molecular weight excluding hydrogens is 412 g/mol. The van der Waals surface area contributed by atoms with E-state index in [0.717, 1.165) is 24.0 Å². The number of hydrazine groups is 1. The summed E-state index contributed by atoms with van der Waals surface area (Å²) >= 11 is 0. The van der Waals surface area contributed by atoms with Gasteiger partial charge in [0.15, 0.2) is 0 Å². The molecule has 2 aromatic rings. The molecule has 0 saturated heterocycles. The van der Waals surface area contributed by atoms with Gasteiger partial charge in [0.05, 0.1) is 6.04 Å². The first-order valence-corrected chi connectivity index (χ1v) is 11.6. The molecule has 178 valence electrons. The van der Waals surface area contributed by atoms with Crippen molar-refractivity contribution in [2.75, 3.05) is 0 Å². The van der Waals surface area contributed by atoms with Crippen molar-refractivity contribution in [2.24, 2.45) is 5.41 Å². The normalized spacial score (nSPS) is 12.2. The zero-order valence-corrected chi connectivity index (χ0v) is 21.1. The molecule has 1 atom stereocenters. The van der Waals surface area contributed by atoms with Crippen LogP contribution in [0.1, 0.15) is 83.5 Å². The van der Waals surface area contributed by atoms with Crippen LogP contribution in [0.4, 0.5) is 0 Å². The molecule has 0 aliphatic rings. The summed E-state index contributed by atoms with van der Waals surface area (Å²) in [7, 11) is 0. The number of benzene rings is 2. The minimum Gasteiger partial charge on any atom is -0.507 e. The van der Waals surface area contributed by atoms with Crippen molar-refractivity contribution in [1.82, 2.24) is 10.4 Å². The lowest BCUT2D eigenvalue weighted by Crippen LogP contribution is -2.56. The van der Waals surface area contributed by atoms with E-state index in [9.17, 15) is 14.7 Å². The number of nitrogens with zero attached hydrogens (tertiary/aromatic N) is 1. The molecule has 33 heavy (non-hydrogen) atoms. The van der Waals surface area contributed by atoms with E-state index in [2.05, 4.69) is 39.7 Å². The monoisotopic (exact) mass is 450 g/mol. The standard InChI is InChI=1S/C28H38N2O3/c1-9-11-21-13-14-23(20(5)25(21)31)26(32)29-30(24(12-10-2)28(6,7)8)27(33)22-16-18(3)15-19(4)17-22/h9,13-17,24,31H,1,10-12H2,2-8H3,(H,29,32)/t24-/m1/s1. The predicted octanol–water partition coefficient (Wildman–Crippen LogP) is 6.05. The summed E-state index contributed by atoms with van der Waals surface area (Å²) in [4.78, 5) is 27.1. The molecule has 0 aliphatic carbocycles. The molecule has 2 aromatic carbocycles. The van der Waals surface area contributed by atoms with E-state index in [4.69, 9.17) is 0 Å². The Kier molecular flexibility index (Phi) is 8.48. The smallest absolute Gasteiger partial charge is 0.272 e. The molecule has 2 N–H and O–H groups in total. The summed E-state index contributed by atoms with van der Waals surface area (Å²) < 4.78 is 0. The van der Waals surface area contributed by atoms with Gasteiger partial charge in [0.1, 0.15) is 5.75 Å². The number of aromatic hydroxyl groups is 1. The van der Waals surface area contributed by atoms with Crippen molar-refractivity contribution in [3.63, 3.8) is 0 Å². The van der Waals surface area contributed by atoms with E-state index in [1.165, 1.54) is 5.01 Å². The number of phenols is 1. The van der Waals surface area contributed by atoms with Gasteiger partial charge in [-0.1, -0.05) is 63.5 Å². The van der Waals surface area contributed by atoms with Crippen molar-refractivity contribution < 1.29 is 14.7 Å². The van der Waals surface area contributed by atoms with Gasteiger partial charge in [0.25, 0.3) is 11.8 Å². The quantitative estimate of drug-likeness (QED) is 0.399. The molecule has 0 heterocycles. The number of aryl methyl sites for hydroxylation is 2. The van der Waals surface area contributed by atoms with E-state index in [0.29, 0.717) is 28.7 Å². The molecule has 0 unspecified atom stereocenters. The average molecular weight is 451 g/mol. The highest BCUT2D eigenvalue weighted by atomic mass is 16.3. The Bertz CT molecular complexity index is 1010. The number of phenolic OH excluding ortho intramolecular Hbond substituents is 1. The van der Waals surface area contributed by atoms with Crippen LogP contribution < -0.4 is 5.43 Å². The van der Waals surface area contributed by atoms with Gasteiger partial charge in [-0.15, -0.1) is 6.58 Å². The number of hydrogen-bond donors (Lipinski definition) is 2. The van der Waals surface area contributed by atoms with Gasteiger partial charge < -0.3 is 5.11 Å². The third kappa shape index (κ3) is 6.25.